The number of hydrogen-bond donors (Lipinski definition) is 1. The van der Waals surface area contributed by atoms with Crippen molar-refractivity contribution in [2.45, 2.75) is 19.2 Å². The summed E-state index contributed by atoms with van der Waals surface area (Å²) in [6, 6.07) is 22.2. The lowest BCUT2D eigenvalue weighted by Crippen LogP contribution is -2.43. The van der Waals surface area contributed by atoms with Gasteiger partial charge in [0.2, 0.25) is 0 Å². The molecule has 4 aromatic rings. The van der Waals surface area contributed by atoms with E-state index in [1.807, 2.05) is 66.7 Å². The van der Waals surface area contributed by atoms with Gasteiger partial charge in [0.05, 0.1) is 24.6 Å². The highest BCUT2D eigenvalue weighted by Gasteiger charge is 2.20. The predicted octanol–water partition coefficient (Wildman–Crippen LogP) is 2.65. The van der Waals surface area contributed by atoms with Crippen LogP contribution in [0.3, 0.4) is 0 Å². The van der Waals surface area contributed by atoms with Gasteiger partial charge in [-0.05, 0) is 42.0 Å². The SMILES string of the molecule is COc1ccc(Cn2c(=O)c3ccccc3n(CCNCC3COc4ccccc4O3)c2=O)cc1. The van der Waals surface area contributed by atoms with E-state index in [0.29, 0.717) is 37.1 Å². The summed E-state index contributed by atoms with van der Waals surface area (Å²) in [5.41, 5.74) is 0.843. The summed E-state index contributed by atoms with van der Waals surface area (Å²) in [6.45, 7) is 2.16. The fourth-order valence-corrected chi connectivity index (χ4v) is 4.26. The molecule has 5 rings (SSSR count). The van der Waals surface area contributed by atoms with Crippen LogP contribution in [0.15, 0.2) is 82.4 Å². The number of nitrogens with one attached hydrogen (secondary N) is 1. The lowest BCUT2D eigenvalue weighted by atomic mass is 10.2. The molecule has 8 nitrogen and oxygen atoms in total. The second kappa shape index (κ2) is 10.1. The topological polar surface area (TPSA) is 83.7 Å². The molecule has 35 heavy (non-hydrogen) atoms. The highest BCUT2D eigenvalue weighted by molar-refractivity contribution is 5.77. The first-order valence-electron chi connectivity index (χ1n) is 11.6. The van der Waals surface area contributed by atoms with E-state index in [1.54, 1.807) is 17.7 Å². The molecule has 0 bridgehead atoms. The maximum Gasteiger partial charge on any atom is 0.331 e. The zero-order chi connectivity index (χ0) is 24.2. The first-order chi connectivity index (χ1) is 17.1. The smallest absolute Gasteiger partial charge is 0.331 e. The van der Waals surface area contributed by atoms with Crippen molar-refractivity contribution in [3.63, 3.8) is 0 Å². The molecule has 0 spiro atoms. The normalized spacial score (nSPS) is 14.7. The first-order valence-corrected chi connectivity index (χ1v) is 11.6. The third-order valence-corrected chi connectivity index (χ3v) is 6.08. The second-order valence-corrected chi connectivity index (χ2v) is 8.39. The second-order valence-electron chi connectivity index (χ2n) is 8.39. The summed E-state index contributed by atoms with van der Waals surface area (Å²) < 4.78 is 19.9. The van der Waals surface area contributed by atoms with Gasteiger partial charge in [-0.2, -0.15) is 0 Å². The average molecular weight is 474 g/mol. The number of nitrogens with zero attached hydrogens (tertiary/aromatic N) is 2. The van der Waals surface area contributed by atoms with Gasteiger partial charge in [-0.3, -0.25) is 13.9 Å². The Labute approximate surface area is 202 Å². The molecule has 180 valence electrons. The molecular weight excluding hydrogens is 446 g/mol. The van der Waals surface area contributed by atoms with Gasteiger partial charge in [-0.1, -0.05) is 36.4 Å². The van der Waals surface area contributed by atoms with Gasteiger partial charge >= 0.3 is 5.69 Å². The van der Waals surface area contributed by atoms with Gasteiger partial charge in [0.25, 0.3) is 5.56 Å². The van der Waals surface area contributed by atoms with Crippen molar-refractivity contribution in [3.05, 3.63) is 99.2 Å². The van der Waals surface area contributed by atoms with Crippen LogP contribution in [-0.4, -0.2) is 42.0 Å². The van der Waals surface area contributed by atoms with Crippen molar-refractivity contribution < 1.29 is 14.2 Å². The van der Waals surface area contributed by atoms with Gasteiger partial charge in [-0.15, -0.1) is 0 Å². The minimum Gasteiger partial charge on any atom is -0.497 e. The third kappa shape index (κ3) is 4.79. The van der Waals surface area contributed by atoms with Crippen molar-refractivity contribution in [1.82, 2.24) is 14.5 Å². The average Bonchev–Trinajstić information content (AvgIpc) is 2.91. The van der Waals surface area contributed by atoms with Crippen molar-refractivity contribution in [3.8, 4) is 17.2 Å². The number of hydrogen-bond acceptors (Lipinski definition) is 6. The van der Waals surface area contributed by atoms with Gasteiger partial charge in [0.1, 0.15) is 18.5 Å². The minimum atomic E-state index is -0.336. The molecule has 1 unspecified atom stereocenters. The van der Waals surface area contributed by atoms with Gasteiger partial charge in [0, 0.05) is 19.6 Å². The number of para-hydroxylation sites is 3. The molecule has 1 aromatic heterocycles. The summed E-state index contributed by atoms with van der Waals surface area (Å²) in [4.78, 5) is 26.5. The zero-order valence-corrected chi connectivity index (χ0v) is 19.5. The fraction of sp³-hybridized carbons (Fsp3) is 0.259. The van der Waals surface area contributed by atoms with E-state index in [9.17, 15) is 9.59 Å². The van der Waals surface area contributed by atoms with Crippen LogP contribution in [-0.2, 0) is 13.1 Å². The quantitative estimate of drug-likeness (QED) is 0.396. The molecule has 3 aromatic carbocycles. The monoisotopic (exact) mass is 473 g/mol. The van der Waals surface area contributed by atoms with Crippen LogP contribution in [0.25, 0.3) is 10.9 Å². The van der Waals surface area contributed by atoms with Gasteiger partial charge in [0.15, 0.2) is 11.5 Å². The van der Waals surface area contributed by atoms with Crippen LogP contribution in [0.2, 0.25) is 0 Å². The Balaban J connectivity index is 1.32. The Morgan fingerprint density at radius 3 is 2.49 bits per heavy atom. The van der Waals surface area contributed by atoms with Crippen molar-refractivity contribution in [2.24, 2.45) is 0 Å². The van der Waals surface area contributed by atoms with Crippen LogP contribution in [0.1, 0.15) is 5.56 Å². The zero-order valence-electron chi connectivity index (χ0n) is 19.5. The maximum atomic E-state index is 13.4. The van der Waals surface area contributed by atoms with Crippen molar-refractivity contribution in [2.75, 3.05) is 26.8 Å². The summed E-state index contributed by atoms with van der Waals surface area (Å²) >= 11 is 0. The first kappa shape index (κ1) is 22.7. The summed E-state index contributed by atoms with van der Waals surface area (Å²) in [7, 11) is 1.60. The van der Waals surface area contributed by atoms with Gasteiger partial charge < -0.3 is 19.5 Å². The Hall–Kier alpha value is -4.04. The van der Waals surface area contributed by atoms with Crippen LogP contribution in [0, 0.1) is 0 Å². The minimum absolute atomic E-state index is 0.123. The number of ether oxygens (including phenoxy) is 3. The molecule has 1 atom stereocenters. The van der Waals surface area contributed by atoms with E-state index < -0.39 is 0 Å². The standard InChI is InChI=1S/C27H27N3O5/c1-33-20-12-10-19(11-13-20)17-30-26(31)22-6-2-3-7-23(22)29(27(30)32)15-14-28-16-21-18-34-24-8-4-5-9-25(24)35-21/h2-13,21,28H,14-18H2,1H3. The summed E-state index contributed by atoms with van der Waals surface area (Å²) in [5.74, 6) is 2.21. The lowest BCUT2D eigenvalue weighted by molar-refractivity contribution is 0.0904. The van der Waals surface area contributed by atoms with E-state index >= 15 is 0 Å². The van der Waals surface area contributed by atoms with E-state index in [4.69, 9.17) is 14.2 Å². The molecule has 0 saturated heterocycles. The summed E-state index contributed by atoms with van der Waals surface area (Å²) in [6.07, 6.45) is -0.123. The van der Waals surface area contributed by atoms with Crippen LogP contribution < -0.4 is 30.8 Å². The molecule has 0 amide bonds. The molecular formula is C27H27N3O5. The highest BCUT2D eigenvalue weighted by atomic mass is 16.6. The third-order valence-electron chi connectivity index (χ3n) is 6.08. The number of fused-ring (bicyclic) bond motifs is 2. The Kier molecular flexibility index (Phi) is 6.54. The van der Waals surface area contributed by atoms with Crippen LogP contribution in [0.5, 0.6) is 17.2 Å². The largest absolute Gasteiger partial charge is 0.497 e. The molecule has 0 radical (unpaired) electrons. The number of rotatable bonds is 8. The molecule has 1 aliphatic heterocycles. The Morgan fingerprint density at radius 2 is 1.69 bits per heavy atom. The van der Waals surface area contributed by atoms with Gasteiger partial charge in [-0.25, -0.2) is 4.79 Å². The fourth-order valence-electron chi connectivity index (χ4n) is 4.26. The molecule has 0 fully saturated rings. The molecule has 0 saturated carbocycles. The lowest BCUT2D eigenvalue weighted by Gasteiger charge is -2.26. The van der Waals surface area contributed by atoms with E-state index in [1.165, 1.54) is 4.57 Å². The molecule has 0 aliphatic carbocycles. The molecule has 8 heteroatoms. The van der Waals surface area contributed by atoms with E-state index in [0.717, 1.165) is 22.8 Å². The van der Waals surface area contributed by atoms with Crippen molar-refractivity contribution in [1.29, 1.82) is 0 Å². The molecule has 1 aliphatic rings. The number of methoxy groups -OCH3 is 1. The Morgan fingerprint density at radius 1 is 0.943 bits per heavy atom. The number of aromatic nitrogens is 2. The molecule has 2 heterocycles. The van der Waals surface area contributed by atoms with Crippen LogP contribution in [0.4, 0.5) is 0 Å². The highest BCUT2D eigenvalue weighted by Crippen LogP contribution is 2.30. The van der Waals surface area contributed by atoms with E-state index in [-0.39, 0.29) is 23.9 Å². The maximum absolute atomic E-state index is 13.4. The summed E-state index contributed by atoms with van der Waals surface area (Å²) in [5, 5.41) is 3.87. The number of benzene rings is 3. The Bertz CT molecular complexity index is 1440. The van der Waals surface area contributed by atoms with Crippen molar-refractivity contribution >= 4 is 10.9 Å². The molecule has 1 N–H and O–H groups in total. The predicted molar refractivity (Wildman–Crippen MR) is 134 cm³/mol. The van der Waals surface area contributed by atoms with Crippen LogP contribution >= 0.6 is 0 Å². The van der Waals surface area contributed by atoms with E-state index in [2.05, 4.69) is 5.32 Å².